The van der Waals surface area contributed by atoms with Crippen LogP contribution in [0.2, 0.25) is 0 Å². The molecule has 0 saturated carbocycles. The summed E-state index contributed by atoms with van der Waals surface area (Å²) in [7, 11) is 1.85. The first-order valence-electron chi connectivity index (χ1n) is 10.5. The van der Waals surface area contributed by atoms with E-state index in [0.29, 0.717) is 17.9 Å². The maximum atomic E-state index is 14.0. The van der Waals surface area contributed by atoms with Gasteiger partial charge >= 0.3 is 6.03 Å². The topological polar surface area (TPSA) is 57.2 Å². The normalized spacial score (nSPS) is 23.3. The molecule has 1 fully saturated rings. The first-order chi connectivity index (χ1) is 14.6. The maximum absolute atomic E-state index is 14.0. The Bertz CT molecular complexity index is 974. The molecule has 0 unspecified atom stereocenters. The molecule has 7 heteroatoms. The molecule has 3 aliphatic heterocycles. The number of rotatable bonds is 2. The van der Waals surface area contributed by atoms with Crippen molar-refractivity contribution in [3.05, 3.63) is 65.5 Å². The number of nitrogens with zero attached hydrogens (tertiary/aromatic N) is 3. The Morgan fingerprint density at radius 1 is 1.20 bits per heavy atom. The van der Waals surface area contributed by atoms with Gasteiger partial charge in [-0.15, -0.1) is 0 Å². The highest BCUT2D eigenvalue weighted by molar-refractivity contribution is 6.07. The largest absolute Gasteiger partial charge is 0.492 e. The van der Waals surface area contributed by atoms with E-state index in [9.17, 15) is 9.18 Å². The van der Waals surface area contributed by atoms with Crippen molar-refractivity contribution in [2.24, 2.45) is 11.0 Å². The molecule has 30 heavy (non-hydrogen) atoms. The molecule has 3 aliphatic rings. The van der Waals surface area contributed by atoms with Gasteiger partial charge in [0, 0.05) is 18.7 Å². The van der Waals surface area contributed by atoms with Gasteiger partial charge < -0.3 is 15.0 Å². The highest BCUT2D eigenvalue weighted by atomic mass is 19.1. The Labute approximate surface area is 175 Å². The maximum Gasteiger partial charge on any atom is 0.341 e. The standard InChI is InChI=1S/C23H25FN4O2/c1-27(17-9-11-25-12-10-17)23(29)28-22(15-5-3-2-4-6-15)19-14-30-20-8-7-16(24)13-18(20)21(19)26-28/h2-8,13,17,19,22,25H,9-12,14H2,1H3/t19-,22+/m0/s1. The third-order valence-corrected chi connectivity index (χ3v) is 6.34. The highest BCUT2D eigenvalue weighted by Crippen LogP contribution is 2.43. The van der Waals surface area contributed by atoms with Gasteiger partial charge in [0.25, 0.3) is 0 Å². The number of hydrogen-bond acceptors (Lipinski definition) is 4. The van der Waals surface area contributed by atoms with Crippen LogP contribution in [0, 0.1) is 11.7 Å². The van der Waals surface area contributed by atoms with Gasteiger partial charge in [0.15, 0.2) is 0 Å². The van der Waals surface area contributed by atoms with E-state index in [2.05, 4.69) is 5.32 Å². The number of piperidine rings is 1. The minimum atomic E-state index is -0.339. The van der Waals surface area contributed by atoms with Crippen LogP contribution in [0.1, 0.15) is 30.0 Å². The average Bonchev–Trinajstić information content (AvgIpc) is 3.19. The van der Waals surface area contributed by atoms with Crippen molar-refractivity contribution in [1.82, 2.24) is 15.2 Å². The number of fused-ring (bicyclic) bond motifs is 3. The van der Waals surface area contributed by atoms with Gasteiger partial charge in [0.2, 0.25) is 0 Å². The molecule has 2 aromatic carbocycles. The van der Waals surface area contributed by atoms with Crippen LogP contribution in [-0.4, -0.2) is 54.4 Å². The number of ether oxygens (including phenoxy) is 1. The predicted octanol–water partition coefficient (Wildman–Crippen LogP) is 3.40. The third kappa shape index (κ3) is 3.23. The fraction of sp³-hybridized carbons (Fsp3) is 0.391. The van der Waals surface area contributed by atoms with E-state index in [-0.39, 0.29) is 29.8 Å². The summed E-state index contributed by atoms with van der Waals surface area (Å²) >= 11 is 0. The Morgan fingerprint density at radius 2 is 1.97 bits per heavy atom. The van der Waals surface area contributed by atoms with E-state index in [0.717, 1.165) is 37.2 Å². The average molecular weight is 408 g/mol. The SMILES string of the molecule is CN(C(=O)N1N=C2c3cc(F)ccc3OC[C@@H]2[C@H]1c1ccccc1)C1CCNCC1. The van der Waals surface area contributed by atoms with Gasteiger partial charge in [-0.2, -0.15) is 5.10 Å². The minimum Gasteiger partial charge on any atom is -0.492 e. The van der Waals surface area contributed by atoms with Gasteiger partial charge in [-0.05, 0) is 49.7 Å². The molecule has 0 aromatic heterocycles. The second-order valence-corrected chi connectivity index (χ2v) is 8.12. The van der Waals surface area contributed by atoms with Crippen LogP contribution in [0.4, 0.5) is 9.18 Å². The monoisotopic (exact) mass is 408 g/mol. The number of hydrazone groups is 1. The van der Waals surface area contributed by atoms with Crippen LogP contribution >= 0.6 is 0 Å². The number of hydrogen-bond donors (Lipinski definition) is 1. The summed E-state index contributed by atoms with van der Waals surface area (Å²) in [5.41, 5.74) is 2.35. The molecule has 156 valence electrons. The molecule has 3 heterocycles. The van der Waals surface area contributed by atoms with Crippen molar-refractivity contribution in [3.8, 4) is 5.75 Å². The van der Waals surface area contributed by atoms with Gasteiger partial charge in [-0.25, -0.2) is 14.2 Å². The quantitative estimate of drug-likeness (QED) is 0.829. The zero-order chi connectivity index (χ0) is 20.7. The fourth-order valence-electron chi connectivity index (χ4n) is 4.70. The second kappa shape index (κ2) is 7.72. The molecule has 6 nitrogen and oxygen atoms in total. The Morgan fingerprint density at radius 3 is 2.73 bits per heavy atom. The zero-order valence-electron chi connectivity index (χ0n) is 16.9. The van der Waals surface area contributed by atoms with Crippen LogP contribution in [0.15, 0.2) is 53.6 Å². The summed E-state index contributed by atoms with van der Waals surface area (Å²) < 4.78 is 19.9. The van der Waals surface area contributed by atoms with Crippen LogP contribution < -0.4 is 10.1 Å². The van der Waals surface area contributed by atoms with Crippen molar-refractivity contribution in [2.45, 2.75) is 24.9 Å². The predicted molar refractivity (Wildman–Crippen MR) is 112 cm³/mol. The summed E-state index contributed by atoms with van der Waals surface area (Å²) in [5.74, 6) is 0.125. The van der Waals surface area contributed by atoms with Crippen molar-refractivity contribution in [3.63, 3.8) is 0 Å². The summed E-state index contributed by atoms with van der Waals surface area (Å²) in [6.45, 7) is 2.21. The molecule has 2 atom stereocenters. The Kier molecular flexibility index (Phi) is 4.90. The van der Waals surface area contributed by atoms with Crippen molar-refractivity contribution < 1.29 is 13.9 Å². The van der Waals surface area contributed by atoms with Crippen molar-refractivity contribution >= 4 is 11.7 Å². The summed E-state index contributed by atoms with van der Waals surface area (Å²) in [5, 5.41) is 9.69. The third-order valence-electron chi connectivity index (χ3n) is 6.34. The first-order valence-corrected chi connectivity index (χ1v) is 10.5. The Balaban J connectivity index is 1.54. The number of amides is 2. The molecular formula is C23H25FN4O2. The number of urea groups is 1. The minimum absolute atomic E-state index is 0.129. The molecule has 0 spiro atoms. The first kappa shape index (κ1) is 19.1. The lowest BCUT2D eigenvalue weighted by Gasteiger charge is -2.36. The lowest BCUT2D eigenvalue weighted by atomic mass is 9.86. The van der Waals surface area contributed by atoms with E-state index in [1.807, 2.05) is 42.3 Å². The molecule has 0 bridgehead atoms. The van der Waals surface area contributed by atoms with E-state index < -0.39 is 0 Å². The second-order valence-electron chi connectivity index (χ2n) is 8.12. The van der Waals surface area contributed by atoms with E-state index in [1.54, 1.807) is 11.1 Å². The molecule has 2 aromatic rings. The van der Waals surface area contributed by atoms with Crippen LogP contribution in [0.25, 0.3) is 0 Å². The summed E-state index contributed by atoms with van der Waals surface area (Å²) in [6.07, 6.45) is 1.84. The van der Waals surface area contributed by atoms with Gasteiger partial charge in [-0.1, -0.05) is 30.3 Å². The van der Waals surface area contributed by atoms with Gasteiger partial charge in [0.1, 0.15) is 11.6 Å². The molecule has 1 saturated heterocycles. The number of benzene rings is 2. The molecule has 1 N–H and O–H groups in total. The molecule has 0 radical (unpaired) electrons. The lowest BCUT2D eigenvalue weighted by Crippen LogP contribution is -2.48. The highest BCUT2D eigenvalue weighted by Gasteiger charge is 2.46. The van der Waals surface area contributed by atoms with Crippen LogP contribution in [-0.2, 0) is 0 Å². The zero-order valence-corrected chi connectivity index (χ0v) is 16.9. The summed E-state index contributed by atoms with van der Waals surface area (Å²) in [6, 6.07) is 14.1. The van der Waals surface area contributed by atoms with Crippen molar-refractivity contribution in [1.29, 1.82) is 0 Å². The van der Waals surface area contributed by atoms with Gasteiger partial charge in [-0.3, -0.25) is 0 Å². The van der Waals surface area contributed by atoms with Crippen LogP contribution in [0.3, 0.4) is 0 Å². The number of nitrogens with one attached hydrogen (secondary N) is 1. The molecule has 5 rings (SSSR count). The number of carbonyl (C=O) groups excluding carboxylic acids is 1. The van der Waals surface area contributed by atoms with Crippen molar-refractivity contribution in [2.75, 3.05) is 26.7 Å². The number of carbonyl (C=O) groups is 1. The van der Waals surface area contributed by atoms with Gasteiger partial charge in [0.05, 0.1) is 24.3 Å². The van der Waals surface area contributed by atoms with E-state index >= 15 is 0 Å². The smallest absolute Gasteiger partial charge is 0.341 e. The van der Waals surface area contributed by atoms with E-state index in [1.165, 1.54) is 12.1 Å². The molecule has 2 amide bonds. The van der Waals surface area contributed by atoms with E-state index in [4.69, 9.17) is 9.84 Å². The fourth-order valence-corrected chi connectivity index (χ4v) is 4.70. The Hall–Kier alpha value is -2.93. The number of halogens is 1. The molecule has 0 aliphatic carbocycles. The molecular weight excluding hydrogens is 383 g/mol. The summed E-state index contributed by atoms with van der Waals surface area (Å²) in [4.78, 5) is 15.4. The lowest BCUT2D eigenvalue weighted by molar-refractivity contribution is 0.114. The van der Waals surface area contributed by atoms with Crippen LogP contribution in [0.5, 0.6) is 5.75 Å².